The summed E-state index contributed by atoms with van der Waals surface area (Å²) in [5.41, 5.74) is 1.21. The molecule has 0 aromatic heterocycles. The highest BCUT2D eigenvalue weighted by Crippen LogP contribution is 2.29. The van der Waals surface area contributed by atoms with Crippen molar-refractivity contribution in [3.05, 3.63) is 23.8 Å². The van der Waals surface area contributed by atoms with Gasteiger partial charge < -0.3 is 24.8 Å². The summed E-state index contributed by atoms with van der Waals surface area (Å²) in [6.45, 7) is 8.63. The van der Waals surface area contributed by atoms with Crippen LogP contribution in [0.25, 0.3) is 0 Å². The first-order valence-corrected chi connectivity index (χ1v) is 10.2. The van der Waals surface area contributed by atoms with Crippen LogP contribution < -0.4 is 20.1 Å². The molecular weight excluding hydrogens is 469 g/mol. The van der Waals surface area contributed by atoms with Gasteiger partial charge in [0.05, 0.1) is 13.2 Å². The summed E-state index contributed by atoms with van der Waals surface area (Å²) < 4.78 is 17.0. The van der Waals surface area contributed by atoms with Crippen molar-refractivity contribution in [2.24, 2.45) is 10.9 Å². The van der Waals surface area contributed by atoms with Crippen molar-refractivity contribution in [1.29, 1.82) is 0 Å². The normalized spacial score (nSPS) is 13.6. The van der Waals surface area contributed by atoms with Crippen LogP contribution in [0.1, 0.15) is 38.7 Å². The van der Waals surface area contributed by atoms with Crippen molar-refractivity contribution < 1.29 is 14.2 Å². The molecule has 0 amide bonds. The molecule has 1 aliphatic rings. The molecular formula is C21H36IN3O3. The van der Waals surface area contributed by atoms with E-state index in [0.717, 1.165) is 62.5 Å². The topological polar surface area (TPSA) is 64.1 Å². The summed E-state index contributed by atoms with van der Waals surface area (Å²) in [6, 6.07) is 6.13. The van der Waals surface area contributed by atoms with Crippen LogP contribution in [0, 0.1) is 5.92 Å². The van der Waals surface area contributed by atoms with Crippen LogP contribution in [0.2, 0.25) is 0 Å². The molecule has 0 aliphatic heterocycles. The van der Waals surface area contributed by atoms with E-state index in [2.05, 4.69) is 27.8 Å². The molecule has 7 heteroatoms. The van der Waals surface area contributed by atoms with Crippen molar-refractivity contribution in [2.75, 3.05) is 46.6 Å². The monoisotopic (exact) mass is 505 g/mol. The molecule has 1 aromatic rings. The minimum absolute atomic E-state index is 0. The maximum Gasteiger partial charge on any atom is 0.190 e. The molecule has 160 valence electrons. The van der Waals surface area contributed by atoms with E-state index in [1.54, 1.807) is 7.05 Å². The molecule has 1 fully saturated rings. The Balaban J connectivity index is 0.00000392. The molecule has 0 heterocycles. The first kappa shape index (κ1) is 24.8. The molecule has 2 N–H and O–H groups in total. The molecule has 0 spiro atoms. The molecule has 0 radical (unpaired) electrons. The number of hydrogen-bond acceptors (Lipinski definition) is 4. The van der Waals surface area contributed by atoms with E-state index in [4.69, 9.17) is 14.2 Å². The molecule has 28 heavy (non-hydrogen) atoms. The maximum absolute atomic E-state index is 5.69. The van der Waals surface area contributed by atoms with Gasteiger partial charge in [0.1, 0.15) is 0 Å². The fourth-order valence-corrected chi connectivity index (χ4v) is 2.71. The Kier molecular flexibility index (Phi) is 13.1. The summed E-state index contributed by atoms with van der Waals surface area (Å²) in [5, 5.41) is 6.69. The van der Waals surface area contributed by atoms with E-state index in [1.165, 1.54) is 18.4 Å². The third-order valence-corrected chi connectivity index (χ3v) is 4.35. The quantitative estimate of drug-likeness (QED) is 0.186. The first-order chi connectivity index (χ1) is 13.3. The van der Waals surface area contributed by atoms with E-state index >= 15 is 0 Å². The van der Waals surface area contributed by atoms with Crippen molar-refractivity contribution in [2.45, 2.75) is 39.5 Å². The van der Waals surface area contributed by atoms with Gasteiger partial charge in [-0.1, -0.05) is 6.07 Å². The van der Waals surface area contributed by atoms with Gasteiger partial charge in [0.25, 0.3) is 0 Å². The molecule has 0 bridgehead atoms. The zero-order chi connectivity index (χ0) is 19.3. The van der Waals surface area contributed by atoms with Crippen LogP contribution in [-0.4, -0.2) is 52.5 Å². The van der Waals surface area contributed by atoms with Gasteiger partial charge in [0.15, 0.2) is 17.5 Å². The van der Waals surface area contributed by atoms with Crippen LogP contribution in [-0.2, 0) is 11.2 Å². The van der Waals surface area contributed by atoms with Gasteiger partial charge in [-0.2, -0.15) is 0 Å². The van der Waals surface area contributed by atoms with Crippen LogP contribution in [0.5, 0.6) is 11.5 Å². The second kappa shape index (κ2) is 14.7. The number of ether oxygens (including phenoxy) is 3. The first-order valence-electron chi connectivity index (χ1n) is 10.2. The molecule has 2 rings (SSSR count). The summed E-state index contributed by atoms with van der Waals surface area (Å²) >= 11 is 0. The molecule has 0 saturated heterocycles. The van der Waals surface area contributed by atoms with E-state index in [1.807, 2.05) is 19.9 Å². The van der Waals surface area contributed by atoms with E-state index < -0.39 is 0 Å². The molecule has 6 nitrogen and oxygen atoms in total. The predicted molar refractivity (Wildman–Crippen MR) is 125 cm³/mol. The Labute approximate surface area is 186 Å². The fraction of sp³-hybridized carbons (Fsp3) is 0.667. The van der Waals surface area contributed by atoms with E-state index in [9.17, 15) is 0 Å². The van der Waals surface area contributed by atoms with Gasteiger partial charge in [-0.05, 0) is 63.1 Å². The highest BCUT2D eigenvalue weighted by Gasteiger charge is 2.20. The molecule has 0 atom stereocenters. The van der Waals surface area contributed by atoms with Gasteiger partial charge in [-0.15, -0.1) is 24.0 Å². The van der Waals surface area contributed by atoms with Crippen LogP contribution in [0.4, 0.5) is 0 Å². The minimum atomic E-state index is 0. The summed E-state index contributed by atoms with van der Waals surface area (Å²) in [4.78, 5) is 4.27. The number of hydrogen-bond donors (Lipinski definition) is 2. The fourth-order valence-electron chi connectivity index (χ4n) is 2.71. The van der Waals surface area contributed by atoms with Crippen LogP contribution >= 0.6 is 24.0 Å². The summed E-state index contributed by atoms with van der Waals surface area (Å²) in [7, 11) is 1.79. The lowest BCUT2D eigenvalue weighted by Gasteiger charge is -2.14. The molecule has 1 aliphatic carbocycles. The highest BCUT2D eigenvalue weighted by atomic mass is 127. The number of aliphatic imine (C=N–C) groups is 1. The van der Waals surface area contributed by atoms with Crippen molar-refractivity contribution in [3.63, 3.8) is 0 Å². The van der Waals surface area contributed by atoms with Gasteiger partial charge in [0, 0.05) is 33.4 Å². The van der Waals surface area contributed by atoms with E-state index in [-0.39, 0.29) is 24.0 Å². The Morgan fingerprint density at radius 3 is 2.46 bits per heavy atom. The van der Waals surface area contributed by atoms with Gasteiger partial charge in [-0.25, -0.2) is 0 Å². The minimum Gasteiger partial charge on any atom is -0.490 e. The number of guanidine groups is 1. The van der Waals surface area contributed by atoms with Crippen LogP contribution in [0.15, 0.2) is 23.2 Å². The lowest BCUT2D eigenvalue weighted by atomic mass is 10.1. The molecule has 1 aromatic carbocycles. The second-order valence-corrected chi connectivity index (χ2v) is 6.69. The SMILES string of the molecule is CCOc1ccc(CCNC(=NC)NCCCOCC2CC2)cc1OCC.I. The Hall–Kier alpha value is -1.22. The van der Waals surface area contributed by atoms with E-state index in [0.29, 0.717) is 13.2 Å². The lowest BCUT2D eigenvalue weighted by molar-refractivity contribution is 0.123. The Morgan fingerprint density at radius 1 is 1.07 bits per heavy atom. The van der Waals surface area contributed by atoms with Crippen molar-refractivity contribution in [1.82, 2.24) is 10.6 Å². The number of rotatable bonds is 13. The van der Waals surface area contributed by atoms with Gasteiger partial charge in [-0.3, -0.25) is 4.99 Å². The number of nitrogens with one attached hydrogen (secondary N) is 2. The molecule has 1 saturated carbocycles. The summed E-state index contributed by atoms with van der Waals surface area (Å²) in [6.07, 6.45) is 4.56. The smallest absolute Gasteiger partial charge is 0.190 e. The third-order valence-electron chi connectivity index (χ3n) is 4.35. The number of nitrogens with zero attached hydrogens (tertiary/aromatic N) is 1. The van der Waals surface area contributed by atoms with Crippen molar-refractivity contribution in [3.8, 4) is 11.5 Å². The zero-order valence-corrected chi connectivity index (χ0v) is 19.8. The Bertz CT molecular complexity index is 580. The average molecular weight is 505 g/mol. The average Bonchev–Trinajstić information content (AvgIpc) is 3.49. The number of benzene rings is 1. The van der Waals surface area contributed by atoms with Gasteiger partial charge >= 0.3 is 0 Å². The Morgan fingerprint density at radius 2 is 1.79 bits per heavy atom. The zero-order valence-electron chi connectivity index (χ0n) is 17.5. The standard InChI is InChI=1S/C21H35N3O3.HI/c1-4-26-19-10-9-17(15-20(19)27-5-2)11-13-24-21(22-3)23-12-6-14-25-16-18-7-8-18;/h9-10,15,18H,4-8,11-14,16H2,1-3H3,(H2,22,23,24);1H. The van der Waals surface area contributed by atoms with Gasteiger partial charge in [0.2, 0.25) is 0 Å². The predicted octanol–water partition coefficient (Wildman–Crippen LogP) is 3.63. The second-order valence-electron chi connectivity index (χ2n) is 6.69. The molecule has 0 unspecified atom stereocenters. The highest BCUT2D eigenvalue weighted by molar-refractivity contribution is 14.0. The third kappa shape index (κ3) is 9.82. The lowest BCUT2D eigenvalue weighted by Crippen LogP contribution is -2.39. The maximum atomic E-state index is 5.69. The van der Waals surface area contributed by atoms with Crippen molar-refractivity contribution >= 4 is 29.9 Å². The number of halogens is 1. The van der Waals surface area contributed by atoms with Crippen LogP contribution in [0.3, 0.4) is 0 Å². The largest absolute Gasteiger partial charge is 0.490 e. The summed E-state index contributed by atoms with van der Waals surface area (Å²) in [5.74, 6) is 3.27.